The molecule has 0 aromatic carbocycles. The minimum atomic E-state index is -0.675. The Morgan fingerprint density at radius 1 is 1.40 bits per heavy atom. The van der Waals surface area contributed by atoms with Gasteiger partial charge in [0.15, 0.2) is 0 Å². The Bertz CT molecular complexity index is 201. The number of hydrogen-bond acceptors (Lipinski definition) is 3. The Labute approximate surface area is 91.2 Å². The van der Waals surface area contributed by atoms with Crippen LogP contribution in [-0.2, 0) is 4.74 Å². The third-order valence-corrected chi connectivity index (χ3v) is 3.36. The lowest BCUT2D eigenvalue weighted by atomic mass is 10.1. The molecule has 3 nitrogen and oxygen atoms in total. The SMILES string of the molecule is C[C@@H](F)CCN1CCN2CCOC[C@@H]2C1. The second-order valence-corrected chi connectivity index (χ2v) is 4.63. The molecule has 2 heterocycles. The number of fused-ring (bicyclic) bond motifs is 1. The lowest BCUT2D eigenvalue weighted by molar-refractivity contribution is -0.0453. The first-order valence-electron chi connectivity index (χ1n) is 5.94. The van der Waals surface area contributed by atoms with Crippen LogP contribution in [0.25, 0.3) is 0 Å². The normalized spacial score (nSPS) is 31.2. The molecule has 2 aliphatic rings. The second kappa shape index (κ2) is 5.23. The van der Waals surface area contributed by atoms with Gasteiger partial charge in [0.1, 0.15) is 0 Å². The van der Waals surface area contributed by atoms with E-state index in [-0.39, 0.29) is 0 Å². The van der Waals surface area contributed by atoms with Crippen molar-refractivity contribution in [2.75, 3.05) is 45.9 Å². The number of piperazine rings is 1. The van der Waals surface area contributed by atoms with Crippen LogP contribution in [0.15, 0.2) is 0 Å². The molecule has 0 amide bonds. The van der Waals surface area contributed by atoms with Gasteiger partial charge in [-0.3, -0.25) is 4.90 Å². The van der Waals surface area contributed by atoms with E-state index in [1.54, 1.807) is 6.92 Å². The fraction of sp³-hybridized carbons (Fsp3) is 1.00. The topological polar surface area (TPSA) is 15.7 Å². The van der Waals surface area contributed by atoms with E-state index >= 15 is 0 Å². The first kappa shape index (κ1) is 11.3. The smallest absolute Gasteiger partial charge is 0.0985 e. The molecule has 2 rings (SSSR count). The standard InChI is InChI=1S/C11H21FN2O/c1-10(12)2-3-13-4-5-14-6-7-15-9-11(14)8-13/h10-11H,2-9H2,1H3/t10-,11+/m1/s1. The molecular formula is C11H21FN2O. The van der Waals surface area contributed by atoms with E-state index in [1.807, 2.05) is 0 Å². The number of ether oxygens (including phenoxy) is 1. The highest BCUT2D eigenvalue weighted by molar-refractivity contribution is 4.84. The monoisotopic (exact) mass is 216 g/mol. The second-order valence-electron chi connectivity index (χ2n) is 4.63. The van der Waals surface area contributed by atoms with E-state index in [4.69, 9.17) is 4.74 Å². The van der Waals surface area contributed by atoms with Crippen molar-refractivity contribution in [1.82, 2.24) is 9.80 Å². The number of alkyl halides is 1. The number of nitrogens with zero attached hydrogens (tertiary/aromatic N) is 2. The highest BCUT2D eigenvalue weighted by Gasteiger charge is 2.29. The molecule has 0 aliphatic carbocycles. The van der Waals surface area contributed by atoms with Crippen LogP contribution in [-0.4, -0.2) is 68.0 Å². The molecule has 15 heavy (non-hydrogen) atoms. The van der Waals surface area contributed by atoms with Gasteiger partial charge < -0.3 is 9.64 Å². The van der Waals surface area contributed by atoms with E-state index in [1.165, 1.54) is 0 Å². The van der Waals surface area contributed by atoms with Crippen molar-refractivity contribution in [3.05, 3.63) is 0 Å². The lowest BCUT2D eigenvalue weighted by Crippen LogP contribution is -2.58. The van der Waals surface area contributed by atoms with Crippen LogP contribution in [0.2, 0.25) is 0 Å². The molecule has 2 fully saturated rings. The zero-order chi connectivity index (χ0) is 10.7. The van der Waals surface area contributed by atoms with Gasteiger partial charge in [-0.2, -0.15) is 0 Å². The quantitative estimate of drug-likeness (QED) is 0.692. The zero-order valence-corrected chi connectivity index (χ0v) is 9.49. The molecule has 2 aliphatic heterocycles. The van der Waals surface area contributed by atoms with Crippen molar-refractivity contribution in [2.24, 2.45) is 0 Å². The van der Waals surface area contributed by atoms with Gasteiger partial charge in [0.2, 0.25) is 0 Å². The Kier molecular flexibility index (Phi) is 3.94. The van der Waals surface area contributed by atoms with E-state index in [2.05, 4.69) is 9.80 Å². The van der Waals surface area contributed by atoms with Crippen LogP contribution in [0.4, 0.5) is 4.39 Å². The zero-order valence-electron chi connectivity index (χ0n) is 9.49. The Hall–Kier alpha value is -0.190. The summed E-state index contributed by atoms with van der Waals surface area (Å²) >= 11 is 0. The Balaban J connectivity index is 1.75. The summed E-state index contributed by atoms with van der Waals surface area (Å²) in [5.41, 5.74) is 0. The van der Waals surface area contributed by atoms with E-state index in [0.717, 1.165) is 45.9 Å². The van der Waals surface area contributed by atoms with Gasteiger partial charge >= 0.3 is 0 Å². The van der Waals surface area contributed by atoms with E-state index in [9.17, 15) is 4.39 Å². The summed E-state index contributed by atoms with van der Waals surface area (Å²) in [5, 5.41) is 0. The van der Waals surface area contributed by atoms with Gasteiger partial charge in [-0.1, -0.05) is 0 Å². The van der Waals surface area contributed by atoms with Crippen molar-refractivity contribution in [2.45, 2.75) is 25.6 Å². The van der Waals surface area contributed by atoms with Crippen molar-refractivity contribution >= 4 is 0 Å². The predicted molar refractivity (Wildman–Crippen MR) is 57.8 cm³/mol. The van der Waals surface area contributed by atoms with Gasteiger partial charge in [0.05, 0.1) is 19.4 Å². The minimum absolute atomic E-state index is 0.544. The highest BCUT2D eigenvalue weighted by Crippen LogP contribution is 2.14. The summed E-state index contributed by atoms with van der Waals surface area (Å²) < 4.78 is 18.2. The van der Waals surface area contributed by atoms with Crippen molar-refractivity contribution in [3.63, 3.8) is 0 Å². The maximum atomic E-state index is 12.7. The third-order valence-electron chi connectivity index (χ3n) is 3.36. The summed E-state index contributed by atoms with van der Waals surface area (Å²) in [6.45, 7) is 8.57. The molecule has 0 N–H and O–H groups in total. The lowest BCUT2D eigenvalue weighted by Gasteiger charge is -2.43. The van der Waals surface area contributed by atoms with Crippen LogP contribution in [0.5, 0.6) is 0 Å². The predicted octanol–water partition coefficient (Wildman–Crippen LogP) is 0.751. The molecule has 0 aromatic heterocycles. The molecule has 2 atom stereocenters. The van der Waals surface area contributed by atoms with E-state index in [0.29, 0.717) is 12.5 Å². The fourth-order valence-electron chi connectivity index (χ4n) is 2.37. The summed E-state index contributed by atoms with van der Waals surface area (Å²) in [4.78, 5) is 4.87. The summed E-state index contributed by atoms with van der Waals surface area (Å²) in [5.74, 6) is 0. The number of halogens is 1. The summed E-state index contributed by atoms with van der Waals surface area (Å²) in [6, 6.07) is 0.544. The first-order chi connectivity index (χ1) is 7.25. The maximum Gasteiger partial charge on any atom is 0.0985 e. The summed E-state index contributed by atoms with van der Waals surface area (Å²) in [7, 11) is 0. The molecule has 0 bridgehead atoms. The number of hydrogen-bond donors (Lipinski definition) is 0. The Morgan fingerprint density at radius 3 is 3.07 bits per heavy atom. The van der Waals surface area contributed by atoms with Crippen LogP contribution >= 0.6 is 0 Å². The Morgan fingerprint density at radius 2 is 2.27 bits per heavy atom. The van der Waals surface area contributed by atoms with Crippen molar-refractivity contribution < 1.29 is 9.13 Å². The highest BCUT2D eigenvalue weighted by atomic mass is 19.1. The van der Waals surface area contributed by atoms with E-state index < -0.39 is 6.17 Å². The number of rotatable bonds is 3. The van der Waals surface area contributed by atoms with Gasteiger partial charge in [-0.15, -0.1) is 0 Å². The molecular weight excluding hydrogens is 195 g/mol. The van der Waals surface area contributed by atoms with Crippen LogP contribution in [0.3, 0.4) is 0 Å². The molecule has 88 valence electrons. The fourth-order valence-corrected chi connectivity index (χ4v) is 2.37. The molecule has 0 radical (unpaired) electrons. The molecule has 0 saturated carbocycles. The summed E-state index contributed by atoms with van der Waals surface area (Å²) in [6.07, 6.45) is -0.0150. The molecule has 4 heteroatoms. The average molecular weight is 216 g/mol. The van der Waals surface area contributed by atoms with Crippen LogP contribution in [0.1, 0.15) is 13.3 Å². The minimum Gasteiger partial charge on any atom is -0.378 e. The van der Waals surface area contributed by atoms with Crippen LogP contribution < -0.4 is 0 Å². The molecule has 0 spiro atoms. The maximum absolute atomic E-state index is 12.7. The molecule has 0 aromatic rings. The largest absolute Gasteiger partial charge is 0.378 e. The number of morpholine rings is 1. The van der Waals surface area contributed by atoms with Crippen molar-refractivity contribution in [3.8, 4) is 0 Å². The van der Waals surface area contributed by atoms with Crippen LogP contribution in [0, 0.1) is 0 Å². The van der Waals surface area contributed by atoms with Gasteiger partial charge in [0.25, 0.3) is 0 Å². The molecule has 2 saturated heterocycles. The third kappa shape index (κ3) is 3.13. The van der Waals surface area contributed by atoms with Gasteiger partial charge in [-0.05, 0) is 13.3 Å². The van der Waals surface area contributed by atoms with Gasteiger partial charge in [-0.25, -0.2) is 4.39 Å². The first-order valence-corrected chi connectivity index (χ1v) is 5.94. The average Bonchev–Trinajstić information content (AvgIpc) is 2.26. The van der Waals surface area contributed by atoms with Gasteiger partial charge in [0, 0.05) is 38.8 Å². The van der Waals surface area contributed by atoms with Crippen molar-refractivity contribution in [1.29, 1.82) is 0 Å². The molecule has 0 unspecified atom stereocenters.